The standard InChI is InChI=1S/C12H11BrFN3O/c13-11-9(2-1-3-10(11)14)12(18)16-5-7-17-6-4-15-8-17/h1-4,6,8H,5,7H2,(H,16,18). The van der Waals surface area contributed by atoms with E-state index in [1.54, 1.807) is 18.6 Å². The van der Waals surface area contributed by atoms with E-state index in [9.17, 15) is 9.18 Å². The number of halogens is 2. The Hall–Kier alpha value is -1.69. The van der Waals surface area contributed by atoms with Gasteiger partial charge < -0.3 is 9.88 Å². The molecular weight excluding hydrogens is 301 g/mol. The zero-order valence-electron chi connectivity index (χ0n) is 9.44. The Morgan fingerprint density at radius 2 is 2.33 bits per heavy atom. The normalized spacial score (nSPS) is 10.3. The van der Waals surface area contributed by atoms with Crippen LogP contribution in [0.25, 0.3) is 0 Å². The number of amides is 1. The van der Waals surface area contributed by atoms with Crippen LogP contribution < -0.4 is 5.32 Å². The van der Waals surface area contributed by atoms with Crippen LogP contribution in [0.1, 0.15) is 10.4 Å². The molecule has 4 nitrogen and oxygen atoms in total. The summed E-state index contributed by atoms with van der Waals surface area (Å²) >= 11 is 3.06. The van der Waals surface area contributed by atoms with E-state index in [1.165, 1.54) is 12.1 Å². The van der Waals surface area contributed by atoms with E-state index in [-0.39, 0.29) is 10.4 Å². The van der Waals surface area contributed by atoms with Crippen molar-refractivity contribution in [3.63, 3.8) is 0 Å². The monoisotopic (exact) mass is 311 g/mol. The molecule has 0 saturated carbocycles. The molecular formula is C12H11BrFN3O. The average molecular weight is 312 g/mol. The van der Waals surface area contributed by atoms with Gasteiger partial charge in [-0.05, 0) is 28.1 Å². The first kappa shape index (κ1) is 12.8. The predicted molar refractivity (Wildman–Crippen MR) is 68.7 cm³/mol. The highest BCUT2D eigenvalue weighted by Crippen LogP contribution is 2.19. The Bertz CT molecular complexity index is 542. The molecule has 1 N–H and O–H groups in total. The lowest BCUT2D eigenvalue weighted by molar-refractivity contribution is 0.0951. The van der Waals surface area contributed by atoms with Crippen molar-refractivity contribution >= 4 is 21.8 Å². The molecule has 0 aliphatic carbocycles. The number of benzene rings is 1. The summed E-state index contributed by atoms with van der Waals surface area (Å²) in [6, 6.07) is 4.37. The molecule has 6 heteroatoms. The molecule has 2 aromatic rings. The van der Waals surface area contributed by atoms with Gasteiger partial charge in [0.25, 0.3) is 5.91 Å². The molecule has 0 aliphatic heterocycles. The Morgan fingerprint density at radius 1 is 1.50 bits per heavy atom. The van der Waals surface area contributed by atoms with Crippen molar-refractivity contribution in [1.82, 2.24) is 14.9 Å². The molecule has 1 amide bonds. The SMILES string of the molecule is O=C(NCCn1ccnc1)c1cccc(F)c1Br. The fourth-order valence-electron chi connectivity index (χ4n) is 1.49. The van der Waals surface area contributed by atoms with E-state index in [0.717, 1.165) is 0 Å². The molecule has 94 valence electrons. The highest BCUT2D eigenvalue weighted by molar-refractivity contribution is 9.10. The maximum atomic E-state index is 13.2. The second-order valence-corrected chi connectivity index (χ2v) is 4.45. The Labute approximate surface area is 112 Å². The van der Waals surface area contributed by atoms with Crippen LogP contribution in [0.3, 0.4) is 0 Å². The topological polar surface area (TPSA) is 46.9 Å². The summed E-state index contributed by atoms with van der Waals surface area (Å²) in [7, 11) is 0. The molecule has 0 spiro atoms. The van der Waals surface area contributed by atoms with E-state index in [0.29, 0.717) is 18.7 Å². The number of hydrogen-bond donors (Lipinski definition) is 1. The predicted octanol–water partition coefficient (Wildman–Crippen LogP) is 2.21. The minimum Gasteiger partial charge on any atom is -0.350 e. The van der Waals surface area contributed by atoms with Crippen LogP contribution in [0.5, 0.6) is 0 Å². The van der Waals surface area contributed by atoms with Crippen molar-refractivity contribution in [3.8, 4) is 0 Å². The van der Waals surface area contributed by atoms with Gasteiger partial charge >= 0.3 is 0 Å². The van der Waals surface area contributed by atoms with Gasteiger partial charge in [0.15, 0.2) is 0 Å². The molecule has 2 rings (SSSR count). The second-order valence-electron chi connectivity index (χ2n) is 3.66. The third-order valence-corrected chi connectivity index (χ3v) is 3.22. The number of nitrogens with one attached hydrogen (secondary N) is 1. The van der Waals surface area contributed by atoms with Crippen LogP contribution in [0.4, 0.5) is 4.39 Å². The van der Waals surface area contributed by atoms with Crippen LogP contribution in [0, 0.1) is 5.82 Å². The smallest absolute Gasteiger partial charge is 0.252 e. The number of imidazole rings is 1. The Balaban J connectivity index is 1.93. The maximum Gasteiger partial charge on any atom is 0.252 e. The summed E-state index contributed by atoms with van der Waals surface area (Å²) in [5, 5.41) is 2.72. The molecule has 0 bridgehead atoms. The molecule has 0 fully saturated rings. The first-order valence-corrected chi connectivity index (χ1v) is 6.16. The van der Waals surface area contributed by atoms with Crippen LogP contribution in [-0.4, -0.2) is 22.0 Å². The quantitative estimate of drug-likeness (QED) is 0.941. The van der Waals surface area contributed by atoms with Crippen LogP contribution >= 0.6 is 15.9 Å². The summed E-state index contributed by atoms with van der Waals surface area (Å²) in [4.78, 5) is 15.7. The third kappa shape index (κ3) is 2.95. The van der Waals surface area contributed by atoms with Crippen LogP contribution in [-0.2, 0) is 6.54 Å². The van der Waals surface area contributed by atoms with Crippen molar-refractivity contribution in [3.05, 3.63) is 52.8 Å². The zero-order chi connectivity index (χ0) is 13.0. The van der Waals surface area contributed by atoms with Crippen LogP contribution in [0.2, 0.25) is 0 Å². The lowest BCUT2D eigenvalue weighted by Gasteiger charge is -2.07. The van der Waals surface area contributed by atoms with E-state index in [4.69, 9.17) is 0 Å². The summed E-state index contributed by atoms with van der Waals surface area (Å²) in [6.45, 7) is 1.08. The lowest BCUT2D eigenvalue weighted by atomic mass is 10.2. The second kappa shape index (κ2) is 5.77. The molecule has 0 aliphatic rings. The molecule has 0 unspecified atom stereocenters. The maximum absolute atomic E-state index is 13.2. The molecule has 18 heavy (non-hydrogen) atoms. The average Bonchev–Trinajstić information content (AvgIpc) is 2.85. The van der Waals surface area contributed by atoms with Crippen LogP contribution in [0.15, 0.2) is 41.4 Å². The summed E-state index contributed by atoms with van der Waals surface area (Å²) in [5.74, 6) is -0.751. The van der Waals surface area contributed by atoms with Crippen molar-refractivity contribution in [2.75, 3.05) is 6.54 Å². The van der Waals surface area contributed by atoms with Crippen molar-refractivity contribution in [2.24, 2.45) is 0 Å². The fraction of sp³-hybridized carbons (Fsp3) is 0.167. The van der Waals surface area contributed by atoms with Gasteiger partial charge in [0.2, 0.25) is 0 Å². The molecule has 0 radical (unpaired) electrons. The van der Waals surface area contributed by atoms with Gasteiger partial charge in [-0.1, -0.05) is 6.07 Å². The number of hydrogen-bond acceptors (Lipinski definition) is 2. The summed E-state index contributed by atoms with van der Waals surface area (Å²) in [6.07, 6.45) is 5.15. The zero-order valence-corrected chi connectivity index (χ0v) is 11.0. The van der Waals surface area contributed by atoms with Crippen molar-refractivity contribution in [2.45, 2.75) is 6.54 Å². The van der Waals surface area contributed by atoms with Gasteiger partial charge in [0.05, 0.1) is 16.4 Å². The van der Waals surface area contributed by atoms with Gasteiger partial charge in [-0.15, -0.1) is 0 Å². The van der Waals surface area contributed by atoms with Gasteiger partial charge in [-0.25, -0.2) is 9.37 Å². The van der Waals surface area contributed by atoms with Crippen molar-refractivity contribution < 1.29 is 9.18 Å². The van der Waals surface area contributed by atoms with E-state index in [2.05, 4.69) is 26.2 Å². The fourth-order valence-corrected chi connectivity index (χ4v) is 1.94. The number of nitrogens with zero attached hydrogens (tertiary/aromatic N) is 2. The Kier molecular flexibility index (Phi) is 4.09. The number of carbonyl (C=O) groups excluding carboxylic acids is 1. The van der Waals surface area contributed by atoms with Gasteiger partial charge in [0, 0.05) is 25.5 Å². The largest absolute Gasteiger partial charge is 0.350 e. The van der Waals surface area contributed by atoms with Gasteiger partial charge in [-0.2, -0.15) is 0 Å². The van der Waals surface area contributed by atoms with E-state index >= 15 is 0 Å². The number of aromatic nitrogens is 2. The number of carbonyl (C=O) groups is 1. The van der Waals surface area contributed by atoms with E-state index < -0.39 is 5.82 Å². The van der Waals surface area contributed by atoms with Gasteiger partial charge in [0.1, 0.15) is 5.82 Å². The van der Waals surface area contributed by atoms with Crippen molar-refractivity contribution in [1.29, 1.82) is 0 Å². The highest BCUT2D eigenvalue weighted by Gasteiger charge is 2.12. The summed E-state index contributed by atoms with van der Waals surface area (Å²) in [5.41, 5.74) is 0.292. The first-order chi connectivity index (χ1) is 8.68. The number of rotatable bonds is 4. The molecule has 1 aromatic heterocycles. The molecule has 1 heterocycles. The third-order valence-electron chi connectivity index (χ3n) is 2.41. The minimum absolute atomic E-state index is 0.185. The molecule has 0 saturated heterocycles. The molecule has 0 atom stereocenters. The summed E-state index contributed by atoms with van der Waals surface area (Å²) < 4.78 is 15.3. The Morgan fingerprint density at radius 3 is 3.06 bits per heavy atom. The minimum atomic E-state index is -0.447. The van der Waals surface area contributed by atoms with Gasteiger partial charge in [-0.3, -0.25) is 4.79 Å². The molecule has 1 aromatic carbocycles. The lowest BCUT2D eigenvalue weighted by Crippen LogP contribution is -2.27. The highest BCUT2D eigenvalue weighted by atomic mass is 79.9. The first-order valence-electron chi connectivity index (χ1n) is 5.36. The van der Waals surface area contributed by atoms with E-state index in [1.807, 2.05) is 10.8 Å².